The van der Waals surface area contributed by atoms with Crippen LogP contribution >= 0.6 is 0 Å². The van der Waals surface area contributed by atoms with E-state index in [4.69, 9.17) is 9.88 Å². The van der Waals surface area contributed by atoms with E-state index in [0.717, 1.165) is 31.4 Å². The molecule has 0 radical (unpaired) electrons. The molecular formula is C23H35N3O3S. The molecule has 0 heterocycles. The summed E-state index contributed by atoms with van der Waals surface area (Å²) in [4.78, 5) is -0.00809. The van der Waals surface area contributed by atoms with Crippen LogP contribution in [0.1, 0.15) is 52.0 Å². The second-order valence-electron chi connectivity index (χ2n) is 7.92. The Hall–Kier alpha value is -2.09. The lowest BCUT2D eigenvalue weighted by molar-refractivity contribution is 0.468. The molecule has 6 nitrogen and oxygen atoms in total. The molecule has 0 bridgehead atoms. The van der Waals surface area contributed by atoms with E-state index in [1.807, 2.05) is 24.3 Å². The molecule has 0 saturated carbocycles. The number of unbranched alkanes of at least 4 members (excludes halogenated alkanes) is 2. The van der Waals surface area contributed by atoms with Crippen LogP contribution in [-0.2, 0) is 16.6 Å². The third-order valence-electron chi connectivity index (χ3n) is 4.71. The molecule has 0 saturated heterocycles. The standard InChI is InChI=1S/C23H35N3O3S/c1-4-5-9-13-25-17-19-15-21(26-14-12-18(2)3)23(22(16-19)30(24,27)28)29-20-10-7-6-8-11-20/h6-8,10-11,15-16,18,25-26H,4-5,9,12-14,17H2,1-3H3,(H2,24,27,28). The van der Waals surface area contributed by atoms with Gasteiger partial charge >= 0.3 is 0 Å². The van der Waals surface area contributed by atoms with E-state index in [-0.39, 0.29) is 10.6 Å². The maximum Gasteiger partial charge on any atom is 0.241 e. The van der Waals surface area contributed by atoms with Gasteiger partial charge in [-0.15, -0.1) is 0 Å². The van der Waals surface area contributed by atoms with Crippen molar-refractivity contribution in [2.24, 2.45) is 11.1 Å². The van der Waals surface area contributed by atoms with Gasteiger partial charge in [-0.05, 0) is 55.1 Å². The summed E-state index contributed by atoms with van der Waals surface area (Å²) >= 11 is 0. The molecule has 2 aromatic carbocycles. The second-order valence-corrected chi connectivity index (χ2v) is 9.45. The summed E-state index contributed by atoms with van der Waals surface area (Å²) in [7, 11) is -3.97. The predicted octanol–water partition coefficient (Wildman–Crippen LogP) is 4.86. The normalized spacial score (nSPS) is 11.6. The van der Waals surface area contributed by atoms with E-state index in [9.17, 15) is 8.42 Å². The van der Waals surface area contributed by atoms with Crippen LogP contribution in [0.4, 0.5) is 5.69 Å². The van der Waals surface area contributed by atoms with Crippen molar-refractivity contribution in [3.05, 3.63) is 48.0 Å². The van der Waals surface area contributed by atoms with Crippen LogP contribution in [0.15, 0.2) is 47.4 Å². The first-order valence-corrected chi connectivity index (χ1v) is 12.2. The molecule has 166 valence electrons. The number of sulfonamides is 1. The minimum atomic E-state index is -3.97. The highest BCUT2D eigenvalue weighted by molar-refractivity contribution is 7.89. The number of primary sulfonamides is 1. The summed E-state index contributed by atoms with van der Waals surface area (Å²) in [6.45, 7) is 8.62. The summed E-state index contributed by atoms with van der Waals surface area (Å²) in [6, 6.07) is 12.7. The minimum absolute atomic E-state index is 0.00809. The van der Waals surface area contributed by atoms with Crippen molar-refractivity contribution in [1.82, 2.24) is 5.32 Å². The molecule has 30 heavy (non-hydrogen) atoms. The molecule has 0 aliphatic carbocycles. The van der Waals surface area contributed by atoms with E-state index in [1.54, 1.807) is 18.2 Å². The molecule has 0 fully saturated rings. The number of benzene rings is 2. The van der Waals surface area contributed by atoms with Crippen LogP contribution in [0.3, 0.4) is 0 Å². The number of rotatable bonds is 13. The molecular weight excluding hydrogens is 398 g/mol. The van der Waals surface area contributed by atoms with Crippen LogP contribution in [0, 0.1) is 5.92 Å². The van der Waals surface area contributed by atoms with Crippen LogP contribution in [-0.4, -0.2) is 21.5 Å². The third-order valence-corrected chi connectivity index (χ3v) is 5.62. The van der Waals surface area contributed by atoms with Crippen molar-refractivity contribution < 1.29 is 13.2 Å². The van der Waals surface area contributed by atoms with Gasteiger partial charge in [-0.1, -0.05) is 51.8 Å². The summed E-state index contributed by atoms with van der Waals surface area (Å²) in [5, 5.41) is 12.3. The highest BCUT2D eigenvalue weighted by Crippen LogP contribution is 2.37. The number of para-hydroxylation sites is 1. The average molecular weight is 434 g/mol. The Morgan fingerprint density at radius 2 is 1.80 bits per heavy atom. The first-order chi connectivity index (χ1) is 14.3. The number of anilines is 1. The van der Waals surface area contributed by atoms with Crippen molar-refractivity contribution in [3.8, 4) is 11.5 Å². The summed E-state index contributed by atoms with van der Waals surface area (Å²) < 4.78 is 30.8. The Morgan fingerprint density at radius 3 is 2.43 bits per heavy atom. The molecule has 0 unspecified atom stereocenters. The Balaban J connectivity index is 2.36. The third kappa shape index (κ3) is 7.97. The molecule has 0 atom stereocenters. The van der Waals surface area contributed by atoms with Crippen LogP contribution < -0.4 is 20.5 Å². The van der Waals surface area contributed by atoms with E-state index < -0.39 is 10.0 Å². The van der Waals surface area contributed by atoms with E-state index >= 15 is 0 Å². The molecule has 0 aliphatic rings. The fourth-order valence-corrected chi connectivity index (χ4v) is 3.77. The van der Waals surface area contributed by atoms with Gasteiger partial charge in [0.25, 0.3) is 0 Å². The fourth-order valence-electron chi connectivity index (χ4n) is 3.04. The predicted molar refractivity (Wildman–Crippen MR) is 124 cm³/mol. The van der Waals surface area contributed by atoms with Gasteiger partial charge in [-0.2, -0.15) is 0 Å². The molecule has 0 spiro atoms. The first-order valence-electron chi connectivity index (χ1n) is 10.7. The van der Waals surface area contributed by atoms with Gasteiger partial charge in [0.1, 0.15) is 10.6 Å². The Morgan fingerprint density at radius 1 is 1.07 bits per heavy atom. The summed E-state index contributed by atoms with van der Waals surface area (Å²) in [5.41, 5.74) is 1.49. The van der Waals surface area contributed by atoms with Crippen molar-refractivity contribution >= 4 is 15.7 Å². The lowest BCUT2D eigenvalue weighted by Gasteiger charge is -2.19. The molecule has 2 aromatic rings. The number of hydrogen-bond acceptors (Lipinski definition) is 5. The minimum Gasteiger partial charge on any atom is -0.454 e. The molecule has 2 rings (SSSR count). The highest BCUT2D eigenvalue weighted by Gasteiger charge is 2.21. The van der Waals surface area contributed by atoms with Gasteiger partial charge in [-0.25, -0.2) is 13.6 Å². The topological polar surface area (TPSA) is 93.4 Å². The molecule has 4 N–H and O–H groups in total. The summed E-state index contributed by atoms with van der Waals surface area (Å²) in [5.74, 6) is 1.32. The smallest absolute Gasteiger partial charge is 0.241 e. The Bertz CT molecular complexity index is 884. The van der Waals surface area contributed by atoms with E-state index in [2.05, 4.69) is 31.4 Å². The van der Waals surface area contributed by atoms with Gasteiger partial charge in [0, 0.05) is 13.1 Å². The SMILES string of the molecule is CCCCCNCc1cc(NCCC(C)C)c(Oc2ccccc2)c(S(N)(=O)=O)c1. The van der Waals surface area contributed by atoms with Gasteiger partial charge in [-0.3, -0.25) is 0 Å². The maximum atomic E-state index is 12.4. The molecule has 0 aromatic heterocycles. The van der Waals surface area contributed by atoms with E-state index in [0.29, 0.717) is 30.4 Å². The molecule has 0 aliphatic heterocycles. The zero-order valence-corrected chi connectivity index (χ0v) is 19.1. The summed E-state index contributed by atoms with van der Waals surface area (Å²) in [6.07, 6.45) is 4.37. The van der Waals surface area contributed by atoms with Crippen LogP contribution in [0.2, 0.25) is 0 Å². The number of ether oxygens (including phenoxy) is 1. The van der Waals surface area contributed by atoms with Crippen molar-refractivity contribution in [2.75, 3.05) is 18.4 Å². The average Bonchev–Trinajstić information content (AvgIpc) is 2.69. The first kappa shape index (κ1) is 24.2. The number of hydrogen-bond donors (Lipinski definition) is 3. The molecule has 0 amide bonds. The monoisotopic (exact) mass is 433 g/mol. The number of nitrogens with one attached hydrogen (secondary N) is 2. The number of nitrogens with two attached hydrogens (primary N) is 1. The van der Waals surface area contributed by atoms with Gasteiger partial charge < -0.3 is 15.4 Å². The van der Waals surface area contributed by atoms with Gasteiger partial charge in [0.2, 0.25) is 10.0 Å². The van der Waals surface area contributed by atoms with Gasteiger partial charge in [0.15, 0.2) is 5.75 Å². The van der Waals surface area contributed by atoms with Crippen LogP contribution in [0.25, 0.3) is 0 Å². The van der Waals surface area contributed by atoms with Crippen molar-refractivity contribution in [2.45, 2.75) is 57.9 Å². The van der Waals surface area contributed by atoms with E-state index in [1.165, 1.54) is 6.42 Å². The largest absolute Gasteiger partial charge is 0.454 e. The lowest BCUT2D eigenvalue weighted by atomic mass is 10.1. The van der Waals surface area contributed by atoms with Crippen LogP contribution in [0.5, 0.6) is 11.5 Å². The van der Waals surface area contributed by atoms with Gasteiger partial charge in [0.05, 0.1) is 5.69 Å². The highest BCUT2D eigenvalue weighted by atomic mass is 32.2. The fraction of sp³-hybridized carbons (Fsp3) is 0.478. The second kappa shape index (κ2) is 11.9. The zero-order valence-electron chi connectivity index (χ0n) is 18.3. The Labute approximate surface area is 181 Å². The van der Waals surface area contributed by atoms with Crippen molar-refractivity contribution in [3.63, 3.8) is 0 Å². The van der Waals surface area contributed by atoms with Crippen molar-refractivity contribution in [1.29, 1.82) is 0 Å². The molecule has 7 heteroatoms. The Kier molecular flexibility index (Phi) is 9.62. The maximum absolute atomic E-state index is 12.4. The zero-order chi connectivity index (χ0) is 22.0. The quantitative estimate of drug-likeness (QED) is 0.392. The lowest BCUT2D eigenvalue weighted by Crippen LogP contribution is -2.18.